The third-order valence-electron chi connectivity index (χ3n) is 2.06. The molecule has 0 bridgehead atoms. The highest BCUT2D eigenvalue weighted by Gasteiger charge is 2.44. The minimum atomic E-state index is -1.05. The number of nitrogens with zero attached hydrogens (tertiary/aromatic N) is 1. The highest BCUT2D eigenvalue weighted by molar-refractivity contribution is 7.81. The Kier molecular flexibility index (Phi) is 2.53. The maximum atomic E-state index is 11.3. The lowest BCUT2D eigenvalue weighted by Crippen LogP contribution is -2.43. The number of thiol groups is 1. The van der Waals surface area contributed by atoms with Crippen LogP contribution >= 0.6 is 12.6 Å². The van der Waals surface area contributed by atoms with Crippen LogP contribution in [0, 0.1) is 0 Å². The number of carboxylic acid groups (broad SMARTS) is 1. The smallest absolute Gasteiger partial charge is 0.323 e. The molecule has 1 amide bonds. The summed E-state index contributed by atoms with van der Waals surface area (Å²) < 4.78 is 0. The summed E-state index contributed by atoms with van der Waals surface area (Å²) >= 11 is 4.20. The molecule has 1 aliphatic rings. The summed E-state index contributed by atoms with van der Waals surface area (Å²) in [5.74, 6) is -1.40. The van der Waals surface area contributed by atoms with Gasteiger partial charge in [-0.15, -0.1) is 0 Å². The van der Waals surface area contributed by atoms with Gasteiger partial charge in [0.1, 0.15) is 6.54 Å². The molecule has 13 heavy (non-hydrogen) atoms. The number of nitrogens with two attached hydrogens (primary N) is 1. The summed E-state index contributed by atoms with van der Waals surface area (Å²) in [7, 11) is 0. The van der Waals surface area contributed by atoms with E-state index in [9.17, 15) is 9.59 Å². The zero-order valence-corrected chi connectivity index (χ0v) is 8.12. The molecule has 1 heterocycles. The van der Waals surface area contributed by atoms with E-state index in [2.05, 4.69) is 12.6 Å². The standard InChI is InChI=1S/C7H12N2O3S/c1-7(13)2-4(8)6(12)9(7)3-5(10)11/h4,13H,2-3,8H2,1H3,(H,10,11). The molecule has 0 aromatic carbocycles. The van der Waals surface area contributed by atoms with Crippen molar-refractivity contribution in [3.8, 4) is 0 Å². The lowest BCUT2D eigenvalue weighted by atomic mass is 10.2. The quantitative estimate of drug-likeness (QED) is 0.518. The van der Waals surface area contributed by atoms with E-state index in [0.717, 1.165) is 0 Å². The first-order chi connectivity index (χ1) is 5.84. The van der Waals surface area contributed by atoms with Crippen LogP contribution in [0.5, 0.6) is 0 Å². The Morgan fingerprint density at radius 2 is 2.46 bits per heavy atom. The van der Waals surface area contributed by atoms with E-state index in [0.29, 0.717) is 6.42 Å². The number of carboxylic acids is 1. The number of hydrogen-bond donors (Lipinski definition) is 3. The molecule has 1 fully saturated rings. The topological polar surface area (TPSA) is 83.6 Å². The van der Waals surface area contributed by atoms with Crippen molar-refractivity contribution < 1.29 is 14.7 Å². The van der Waals surface area contributed by atoms with Gasteiger partial charge in [0.15, 0.2) is 0 Å². The van der Waals surface area contributed by atoms with Gasteiger partial charge >= 0.3 is 5.97 Å². The van der Waals surface area contributed by atoms with E-state index in [1.165, 1.54) is 4.90 Å². The fraction of sp³-hybridized carbons (Fsp3) is 0.714. The van der Waals surface area contributed by atoms with Crippen LogP contribution in [-0.2, 0) is 9.59 Å². The fourth-order valence-corrected chi connectivity index (χ4v) is 1.80. The van der Waals surface area contributed by atoms with E-state index in [4.69, 9.17) is 10.8 Å². The fourth-order valence-electron chi connectivity index (χ4n) is 1.44. The second-order valence-electron chi connectivity index (χ2n) is 3.35. The van der Waals surface area contributed by atoms with Crippen molar-refractivity contribution in [2.24, 2.45) is 5.73 Å². The molecule has 74 valence electrons. The predicted molar refractivity (Wildman–Crippen MR) is 49.3 cm³/mol. The minimum Gasteiger partial charge on any atom is -0.480 e. The minimum absolute atomic E-state index is 0.341. The van der Waals surface area contributed by atoms with Gasteiger partial charge < -0.3 is 15.7 Å². The first-order valence-electron chi connectivity index (χ1n) is 3.86. The van der Waals surface area contributed by atoms with Crippen molar-refractivity contribution in [3.63, 3.8) is 0 Å². The van der Waals surface area contributed by atoms with Crippen LogP contribution in [0.3, 0.4) is 0 Å². The number of amides is 1. The van der Waals surface area contributed by atoms with Crippen LogP contribution in [-0.4, -0.2) is 39.3 Å². The molecular formula is C7H12N2O3S. The van der Waals surface area contributed by atoms with Crippen LogP contribution in [0.4, 0.5) is 0 Å². The average Bonchev–Trinajstić information content (AvgIpc) is 2.12. The number of hydrogen-bond acceptors (Lipinski definition) is 4. The molecule has 2 atom stereocenters. The van der Waals surface area contributed by atoms with Crippen molar-refractivity contribution >= 4 is 24.5 Å². The highest BCUT2D eigenvalue weighted by Crippen LogP contribution is 2.32. The summed E-state index contributed by atoms with van der Waals surface area (Å²) in [5.41, 5.74) is 5.49. The van der Waals surface area contributed by atoms with Gasteiger partial charge in [0, 0.05) is 6.42 Å². The summed E-state index contributed by atoms with van der Waals surface area (Å²) in [6.07, 6.45) is 0.377. The Hall–Kier alpha value is -0.750. The van der Waals surface area contributed by atoms with Crippen LogP contribution < -0.4 is 5.73 Å². The van der Waals surface area contributed by atoms with Crippen molar-refractivity contribution in [2.75, 3.05) is 6.54 Å². The van der Waals surface area contributed by atoms with Gasteiger partial charge in [0.05, 0.1) is 10.9 Å². The predicted octanol–water partition coefficient (Wildman–Crippen LogP) is -0.723. The third-order valence-corrected chi connectivity index (χ3v) is 2.49. The molecule has 5 nitrogen and oxygen atoms in total. The Bertz CT molecular complexity index is 254. The molecule has 6 heteroatoms. The molecule has 0 radical (unpaired) electrons. The molecule has 0 aromatic rings. The third kappa shape index (κ3) is 1.94. The van der Waals surface area contributed by atoms with Gasteiger partial charge in [0.25, 0.3) is 0 Å². The van der Waals surface area contributed by atoms with Crippen molar-refractivity contribution in [1.29, 1.82) is 0 Å². The Morgan fingerprint density at radius 1 is 1.92 bits per heavy atom. The first kappa shape index (κ1) is 10.3. The molecule has 0 saturated carbocycles. The Labute approximate surface area is 81.3 Å². The van der Waals surface area contributed by atoms with Gasteiger partial charge in [-0.3, -0.25) is 9.59 Å². The number of aliphatic carboxylic acids is 1. The van der Waals surface area contributed by atoms with Gasteiger partial charge in [-0.2, -0.15) is 12.6 Å². The molecule has 3 N–H and O–H groups in total. The van der Waals surface area contributed by atoms with Crippen molar-refractivity contribution in [2.45, 2.75) is 24.3 Å². The van der Waals surface area contributed by atoms with E-state index in [1.54, 1.807) is 6.92 Å². The Morgan fingerprint density at radius 3 is 2.77 bits per heavy atom. The van der Waals surface area contributed by atoms with Crippen LogP contribution in [0.15, 0.2) is 0 Å². The lowest BCUT2D eigenvalue weighted by Gasteiger charge is -2.28. The maximum absolute atomic E-state index is 11.3. The Balaban J connectivity index is 2.81. The van der Waals surface area contributed by atoms with Gasteiger partial charge in [-0.25, -0.2) is 0 Å². The van der Waals surface area contributed by atoms with Crippen LogP contribution in [0.25, 0.3) is 0 Å². The number of likely N-dealkylation sites (tertiary alicyclic amines) is 1. The molecule has 0 aromatic heterocycles. The molecule has 0 aliphatic carbocycles. The molecule has 0 spiro atoms. The molecule has 1 rings (SSSR count). The second kappa shape index (κ2) is 3.19. The van der Waals surface area contributed by atoms with Crippen LogP contribution in [0.2, 0.25) is 0 Å². The largest absolute Gasteiger partial charge is 0.480 e. The number of rotatable bonds is 2. The van der Waals surface area contributed by atoms with E-state index in [1.807, 2.05) is 0 Å². The molecular weight excluding hydrogens is 192 g/mol. The highest BCUT2D eigenvalue weighted by atomic mass is 32.1. The second-order valence-corrected chi connectivity index (χ2v) is 4.31. The molecule has 1 aliphatic heterocycles. The van der Waals surface area contributed by atoms with Crippen molar-refractivity contribution in [1.82, 2.24) is 4.90 Å². The summed E-state index contributed by atoms with van der Waals surface area (Å²) in [6.45, 7) is 1.34. The number of carbonyl (C=O) groups is 2. The SMILES string of the molecule is CC1(S)CC(N)C(=O)N1CC(=O)O. The zero-order chi connectivity index (χ0) is 10.2. The zero-order valence-electron chi connectivity index (χ0n) is 7.23. The number of carbonyl (C=O) groups excluding carboxylic acids is 1. The average molecular weight is 204 g/mol. The van der Waals surface area contributed by atoms with Gasteiger partial charge in [-0.05, 0) is 6.92 Å². The van der Waals surface area contributed by atoms with Gasteiger partial charge in [0.2, 0.25) is 5.91 Å². The molecule has 1 saturated heterocycles. The maximum Gasteiger partial charge on any atom is 0.323 e. The van der Waals surface area contributed by atoms with E-state index < -0.39 is 16.9 Å². The lowest BCUT2D eigenvalue weighted by molar-refractivity contribution is -0.144. The normalized spacial score (nSPS) is 33.9. The van der Waals surface area contributed by atoms with E-state index in [-0.39, 0.29) is 12.5 Å². The van der Waals surface area contributed by atoms with Crippen molar-refractivity contribution in [3.05, 3.63) is 0 Å². The summed E-state index contributed by atoms with van der Waals surface area (Å²) in [6, 6.07) is -0.623. The van der Waals surface area contributed by atoms with E-state index >= 15 is 0 Å². The van der Waals surface area contributed by atoms with Gasteiger partial charge in [-0.1, -0.05) is 0 Å². The molecule has 2 unspecified atom stereocenters. The first-order valence-corrected chi connectivity index (χ1v) is 4.30. The monoisotopic (exact) mass is 204 g/mol. The van der Waals surface area contributed by atoms with Crippen LogP contribution in [0.1, 0.15) is 13.3 Å². The summed E-state index contributed by atoms with van der Waals surface area (Å²) in [5, 5.41) is 8.54. The summed E-state index contributed by atoms with van der Waals surface area (Å²) in [4.78, 5) is 22.2.